The van der Waals surface area contributed by atoms with Crippen molar-refractivity contribution in [3.63, 3.8) is 0 Å². The quantitative estimate of drug-likeness (QED) is 0.0373. The van der Waals surface area contributed by atoms with Gasteiger partial charge in [-0.05, 0) is 110 Å². The van der Waals surface area contributed by atoms with Crippen LogP contribution in [-0.4, -0.2) is 158 Å². The summed E-state index contributed by atoms with van der Waals surface area (Å²) in [6.07, 6.45) is 2.15. The molecular formula is C57H82N10O14S2. The number of aliphatic carboxylic acids is 1. The topological polar surface area (TPSA) is 386 Å². The molecular weight excluding hydrogens is 1110 g/mol. The summed E-state index contributed by atoms with van der Waals surface area (Å²) in [6.45, 7) is 12.8. The Morgan fingerprint density at radius 2 is 0.807 bits per heavy atom. The predicted molar refractivity (Wildman–Crippen MR) is 316 cm³/mol. The molecule has 83 heavy (non-hydrogen) atoms. The van der Waals surface area contributed by atoms with E-state index in [1.807, 2.05) is 6.92 Å². The number of nitrogens with one attached hydrogen (secondary N) is 9. The number of carboxylic acid groups (broad SMARTS) is 1. The minimum Gasteiger partial charge on any atom is -0.508 e. The number of thioether (sulfide) groups is 1. The van der Waals surface area contributed by atoms with Crippen molar-refractivity contribution < 1.29 is 68.4 Å². The molecule has 0 saturated heterocycles. The fourth-order valence-electron chi connectivity index (χ4n) is 8.23. The summed E-state index contributed by atoms with van der Waals surface area (Å²) in [5, 5.41) is 62.4. The highest BCUT2D eigenvalue weighted by atomic mass is 32.2. The highest BCUT2D eigenvalue weighted by Crippen LogP contribution is 2.17. The fourth-order valence-corrected chi connectivity index (χ4v) is 8.96. The molecule has 0 heterocycles. The van der Waals surface area contributed by atoms with Gasteiger partial charge in [0.15, 0.2) is 0 Å². The number of benzene rings is 3. The third kappa shape index (κ3) is 22.9. The van der Waals surface area contributed by atoms with Gasteiger partial charge in [-0.25, -0.2) is 4.79 Å². The van der Waals surface area contributed by atoms with E-state index < -0.39 is 137 Å². The summed E-state index contributed by atoms with van der Waals surface area (Å²) in [6, 6.07) is 5.06. The van der Waals surface area contributed by atoms with Crippen LogP contribution < -0.4 is 53.6 Å². The minimum absolute atomic E-state index is 0.0244. The van der Waals surface area contributed by atoms with Crippen LogP contribution in [0.4, 0.5) is 0 Å². The molecule has 3 aromatic rings. The van der Waals surface area contributed by atoms with Gasteiger partial charge in [-0.2, -0.15) is 24.4 Å². The lowest BCUT2D eigenvalue weighted by molar-refractivity contribution is -0.142. The SMILES string of the molecule is CC[C@H](C)[C@H](NC(=O)[C@@H](N)Cc1ccc(O)cc1)C(=O)N[C@@H](CS)C(=O)N[C@@H](Cc1ccc(O)cc1)C(=O)N[C@H](C(=O)N[C@H](C(=O)N[C@@H](C)C(=O)N[C@@H](CCSC)C(=O)N[C@@H](C)C(=O)N[C@@H](Cc1ccc(O)cc1)C(=O)O)C(C)C)C(C)C. The Labute approximate surface area is 493 Å². The van der Waals surface area contributed by atoms with Gasteiger partial charge in [-0.1, -0.05) is 84.4 Å². The lowest BCUT2D eigenvalue weighted by Gasteiger charge is -2.30. The third-order valence-electron chi connectivity index (χ3n) is 13.6. The van der Waals surface area contributed by atoms with E-state index in [1.54, 1.807) is 53.0 Å². The number of carbonyl (C=O) groups excluding carboxylic acids is 9. The number of thiol groups is 1. The fraction of sp³-hybridized carbons (Fsp3) is 0.509. The number of phenols is 3. The van der Waals surface area contributed by atoms with Gasteiger partial charge < -0.3 is 74.0 Å². The molecule has 0 spiro atoms. The van der Waals surface area contributed by atoms with Crippen molar-refractivity contribution in [1.29, 1.82) is 0 Å². The normalized spacial score (nSPS) is 15.2. The number of phenolic OH excluding ortho intramolecular Hbond substituents is 3. The number of hydrogen-bond acceptors (Lipinski definition) is 16. The van der Waals surface area contributed by atoms with E-state index in [0.29, 0.717) is 28.9 Å². The van der Waals surface area contributed by atoms with Crippen molar-refractivity contribution in [2.24, 2.45) is 23.5 Å². The first kappa shape index (κ1) is 69.7. The smallest absolute Gasteiger partial charge is 0.326 e. The van der Waals surface area contributed by atoms with E-state index in [0.717, 1.165) is 0 Å². The van der Waals surface area contributed by atoms with Gasteiger partial charge in [0.1, 0.15) is 71.6 Å². The van der Waals surface area contributed by atoms with Gasteiger partial charge in [0.05, 0.1) is 6.04 Å². The third-order valence-corrected chi connectivity index (χ3v) is 14.6. The second-order valence-electron chi connectivity index (χ2n) is 21.1. The Morgan fingerprint density at radius 3 is 1.24 bits per heavy atom. The molecule has 0 radical (unpaired) electrons. The maximum Gasteiger partial charge on any atom is 0.326 e. The van der Waals surface area contributed by atoms with E-state index in [2.05, 4.69) is 60.5 Å². The van der Waals surface area contributed by atoms with Crippen LogP contribution in [0.3, 0.4) is 0 Å². The Hall–Kier alpha value is -7.58. The molecule has 0 bridgehead atoms. The lowest BCUT2D eigenvalue weighted by Crippen LogP contribution is -2.62. The maximum atomic E-state index is 14.3. The Balaban J connectivity index is 1.74. The number of carbonyl (C=O) groups is 10. The van der Waals surface area contributed by atoms with Crippen molar-refractivity contribution in [1.82, 2.24) is 47.9 Å². The molecule has 0 saturated carbocycles. The summed E-state index contributed by atoms with van der Waals surface area (Å²) < 4.78 is 0. The number of aromatic hydroxyl groups is 3. The molecule has 11 atom stereocenters. The van der Waals surface area contributed by atoms with E-state index in [-0.39, 0.29) is 48.7 Å². The molecule has 3 aromatic carbocycles. The number of carboxylic acids is 1. The molecule has 3 rings (SSSR count). The van der Waals surface area contributed by atoms with E-state index >= 15 is 0 Å². The summed E-state index contributed by atoms with van der Waals surface area (Å²) in [5.74, 6) is -9.85. The van der Waals surface area contributed by atoms with Crippen molar-refractivity contribution in [2.75, 3.05) is 17.8 Å². The van der Waals surface area contributed by atoms with Gasteiger partial charge in [-0.15, -0.1) is 0 Å². The van der Waals surface area contributed by atoms with Gasteiger partial charge >= 0.3 is 5.97 Å². The number of rotatable bonds is 33. The average molecular weight is 1200 g/mol. The van der Waals surface area contributed by atoms with Crippen molar-refractivity contribution in [2.45, 2.75) is 148 Å². The molecule has 0 unspecified atom stereocenters. The predicted octanol–water partition coefficient (Wildman–Crippen LogP) is 0.687. The van der Waals surface area contributed by atoms with Crippen molar-refractivity contribution in [3.05, 3.63) is 89.5 Å². The van der Waals surface area contributed by atoms with Crippen LogP contribution >= 0.6 is 24.4 Å². The number of amides is 9. The highest BCUT2D eigenvalue weighted by Gasteiger charge is 2.37. The molecule has 26 heteroatoms. The second-order valence-corrected chi connectivity index (χ2v) is 22.4. The summed E-state index contributed by atoms with van der Waals surface area (Å²) >= 11 is 5.70. The van der Waals surface area contributed by atoms with Crippen molar-refractivity contribution >= 4 is 83.5 Å². The zero-order valence-electron chi connectivity index (χ0n) is 48.2. The van der Waals surface area contributed by atoms with E-state index in [9.17, 15) is 68.4 Å². The first-order valence-electron chi connectivity index (χ1n) is 27.2. The van der Waals surface area contributed by atoms with Gasteiger partial charge in [-0.3, -0.25) is 43.2 Å². The Kier molecular flexibility index (Phi) is 28.7. The van der Waals surface area contributed by atoms with E-state index in [4.69, 9.17) is 5.73 Å². The monoisotopic (exact) mass is 1190 g/mol. The van der Waals surface area contributed by atoms with Crippen molar-refractivity contribution in [3.8, 4) is 17.2 Å². The van der Waals surface area contributed by atoms with Gasteiger partial charge in [0.2, 0.25) is 53.2 Å². The van der Waals surface area contributed by atoms with Crippen LogP contribution in [-0.2, 0) is 67.2 Å². The van der Waals surface area contributed by atoms with Crippen LogP contribution in [0.2, 0.25) is 0 Å². The molecule has 0 aliphatic heterocycles. The summed E-state index contributed by atoms with van der Waals surface area (Å²) in [5.41, 5.74) is 7.89. The van der Waals surface area contributed by atoms with Crippen LogP contribution in [0.25, 0.3) is 0 Å². The first-order chi connectivity index (χ1) is 39.1. The Bertz CT molecular complexity index is 2680. The second kappa shape index (κ2) is 34.1. The number of nitrogens with two attached hydrogens (primary N) is 1. The molecule has 24 nitrogen and oxygen atoms in total. The van der Waals surface area contributed by atoms with Crippen LogP contribution in [0.1, 0.15) is 84.9 Å². The van der Waals surface area contributed by atoms with Crippen LogP contribution in [0.5, 0.6) is 17.2 Å². The molecule has 0 fully saturated rings. The number of hydrogen-bond donors (Lipinski definition) is 15. The standard InChI is InChI=1S/C57H82N10O14S2/c1-10-31(6)47(67-50(73)40(58)25-34-11-17-37(68)18-12-34)56(79)64-44(28-82)53(76)62-42(26-35-13-19-38(69)20-14-35)52(75)65-46(30(4)5)55(78)66-45(29(2)3)54(77)60-33(8)48(71)61-41(23-24-83-9)51(74)59-32(7)49(72)63-43(57(80)81)27-36-15-21-39(70)22-16-36/h11-22,29-33,40-47,68-70,82H,10,23-28,58H2,1-9H3,(H,59,74)(H,60,77)(H,61,71)(H,62,76)(H,63,72)(H,64,79)(H,65,75)(H,66,78)(H,67,73)(H,80,81)/t31-,32-,33-,40-,41-,42-,43-,44-,45-,46-,47-/m0/s1. The molecule has 0 aromatic heterocycles. The minimum atomic E-state index is -1.40. The molecule has 0 aliphatic carbocycles. The average Bonchev–Trinajstić information content (AvgIpc) is 3.50. The molecule has 9 amide bonds. The zero-order chi connectivity index (χ0) is 62.2. The first-order valence-corrected chi connectivity index (χ1v) is 29.3. The Morgan fingerprint density at radius 1 is 0.458 bits per heavy atom. The molecule has 15 N–H and O–H groups in total. The molecule has 0 aliphatic rings. The largest absolute Gasteiger partial charge is 0.508 e. The molecule has 456 valence electrons. The summed E-state index contributed by atoms with van der Waals surface area (Å²) in [4.78, 5) is 136. The highest BCUT2D eigenvalue weighted by molar-refractivity contribution is 7.98. The lowest BCUT2D eigenvalue weighted by atomic mass is 9.97. The maximum absolute atomic E-state index is 14.3. The van der Waals surface area contributed by atoms with Crippen LogP contribution in [0.15, 0.2) is 72.8 Å². The zero-order valence-corrected chi connectivity index (χ0v) is 49.9. The van der Waals surface area contributed by atoms with Gasteiger partial charge in [0.25, 0.3) is 0 Å². The van der Waals surface area contributed by atoms with Gasteiger partial charge in [0, 0.05) is 18.6 Å². The van der Waals surface area contributed by atoms with Crippen LogP contribution in [0, 0.1) is 17.8 Å². The van der Waals surface area contributed by atoms with E-state index in [1.165, 1.54) is 86.3 Å². The summed E-state index contributed by atoms with van der Waals surface area (Å²) in [7, 11) is 0.